The Labute approximate surface area is 125 Å². The molecule has 2 aliphatic rings. The van der Waals surface area contributed by atoms with Crippen LogP contribution in [-0.4, -0.2) is 55.0 Å². The molecule has 3 N–H and O–H groups in total. The summed E-state index contributed by atoms with van der Waals surface area (Å²) in [5, 5.41) is 9.45. The number of aromatic hydroxyl groups is 1. The van der Waals surface area contributed by atoms with Crippen LogP contribution in [0.3, 0.4) is 0 Å². The van der Waals surface area contributed by atoms with Gasteiger partial charge in [-0.15, -0.1) is 0 Å². The number of benzene rings is 1. The zero-order chi connectivity index (χ0) is 15.0. The molecule has 0 aromatic heterocycles. The Balaban J connectivity index is 1.88. The predicted octanol–water partition coefficient (Wildman–Crippen LogP) is 0.833. The summed E-state index contributed by atoms with van der Waals surface area (Å²) in [5.41, 5.74) is 5.71. The minimum Gasteiger partial charge on any atom is -0.506 e. The molecule has 6 nitrogen and oxygen atoms in total. The van der Waals surface area contributed by atoms with E-state index in [1.165, 1.54) is 18.2 Å². The van der Waals surface area contributed by atoms with Crippen LogP contribution >= 0.6 is 0 Å². The van der Waals surface area contributed by atoms with E-state index in [1.54, 1.807) is 4.31 Å². The molecule has 0 bridgehead atoms. The molecular formula is C14H21N3O3S. The van der Waals surface area contributed by atoms with Crippen LogP contribution in [0.5, 0.6) is 5.75 Å². The largest absolute Gasteiger partial charge is 0.506 e. The van der Waals surface area contributed by atoms with Crippen molar-refractivity contribution in [2.45, 2.75) is 30.2 Å². The molecule has 2 saturated heterocycles. The van der Waals surface area contributed by atoms with Crippen molar-refractivity contribution in [1.82, 2.24) is 9.21 Å². The fraction of sp³-hybridized carbons (Fsp3) is 0.571. The van der Waals surface area contributed by atoms with Crippen molar-refractivity contribution >= 4 is 15.7 Å². The lowest BCUT2D eigenvalue weighted by molar-refractivity contribution is 0.257. The van der Waals surface area contributed by atoms with Crippen LogP contribution in [0, 0.1) is 0 Å². The van der Waals surface area contributed by atoms with E-state index in [9.17, 15) is 13.5 Å². The highest BCUT2D eigenvalue weighted by Crippen LogP contribution is 2.28. The van der Waals surface area contributed by atoms with Gasteiger partial charge in [0.1, 0.15) is 5.75 Å². The topological polar surface area (TPSA) is 86.9 Å². The second-order valence-corrected chi connectivity index (χ2v) is 7.71. The molecule has 0 aliphatic carbocycles. The van der Waals surface area contributed by atoms with E-state index < -0.39 is 10.0 Å². The van der Waals surface area contributed by atoms with Gasteiger partial charge in [-0.2, -0.15) is 4.31 Å². The van der Waals surface area contributed by atoms with Crippen molar-refractivity contribution in [1.29, 1.82) is 0 Å². The first-order valence-electron chi connectivity index (χ1n) is 7.31. The van der Waals surface area contributed by atoms with E-state index in [4.69, 9.17) is 5.73 Å². The number of fused-ring (bicyclic) bond motifs is 1. The third-order valence-electron chi connectivity index (χ3n) is 4.40. The maximum absolute atomic E-state index is 12.8. The maximum Gasteiger partial charge on any atom is 0.243 e. The van der Waals surface area contributed by atoms with Crippen LogP contribution in [0.15, 0.2) is 23.1 Å². The second-order valence-electron chi connectivity index (χ2n) is 5.77. The van der Waals surface area contributed by atoms with Gasteiger partial charge in [-0.25, -0.2) is 8.42 Å². The molecule has 0 saturated carbocycles. The quantitative estimate of drug-likeness (QED) is 0.624. The van der Waals surface area contributed by atoms with Crippen LogP contribution < -0.4 is 5.73 Å². The smallest absolute Gasteiger partial charge is 0.243 e. The highest BCUT2D eigenvalue weighted by Gasteiger charge is 2.34. The molecule has 2 heterocycles. The standard InChI is InChI=1S/C14H21N3O3S/c15-13-9-12(4-5-14(13)18)21(19,20)17-8-2-7-16-6-1-3-11(16)10-17/h4-5,9,11,18H,1-3,6-8,10,15H2. The number of phenols is 1. The first kappa shape index (κ1) is 14.6. The molecule has 1 unspecified atom stereocenters. The third-order valence-corrected chi connectivity index (χ3v) is 6.26. The number of hydrogen-bond acceptors (Lipinski definition) is 5. The zero-order valence-corrected chi connectivity index (χ0v) is 12.7. The molecular weight excluding hydrogens is 290 g/mol. The molecule has 3 rings (SSSR count). The van der Waals surface area contributed by atoms with Crippen LogP contribution in [0.2, 0.25) is 0 Å². The molecule has 1 aromatic carbocycles. The van der Waals surface area contributed by atoms with Gasteiger partial charge in [-0.1, -0.05) is 0 Å². The monoisotopic (exact) mass is 311 g/mol. The van der Waals surface area contributed by atoms with Crippen LogP contribution in [0.25, 0.3) is 0 Å². The normalized spacial score (nSPS) is 24.7. The van der Waals surface area contributed by atoms with Crippen LogP contribution in [0.4, 0.5) is 5.69 Å². The minimum atomic E-state index is -3.55. The first-order chi connectivity index (χ1) is 9.98. The van der Waals surface area contributed by atoms with E-state index in [2.05, 4.69) is 4.90 Å². The second kappa shape index (κ2) is 5.47. The lowest BCUT2D eigenvalue weighted by atomic mass is 10.2. The number of sulfonamides is 1. The van der Waals surface area contributed by atoms with Crippen molar-refractivity contribution < 1.29 is 13.5 Å². The molecule has 0 spiro atoms. The number of nitrogen functional groups attached to an aromatic ring is 1. The molecule has 2 aliphatic heterocycles. The van der Waals surface area contributed by atoms with E-state index in [0.717, 1.165) is 32.4 Å². The van der Waals surface area contributed by atoms with Gasteiger partial charge in [-0.3, -0.25) is 4.90 Å². The lowest BCUT2D eigenvalue weighted by Gasteiger charge is -2.25. The summed E-state index contributed by atoms with van der Waals surface area (Å²) in [6.45, 7) is 3.12. The molecule has 7 heteroatoms. The number of nitrogens with zero attached hydrogens (tertiary/aromatic N) is 2. The fourth-order valence-electron chi connectivity index (χ4n) is 3.23. The summed E-state index contributed by atoms with van der Waals surface area (Å²) in [6, 6.07) is 4.42. The van der Waals surface area contributed by atoms with Crippen molar-refractivity contribution in [3.63, 3.8) is 0 Å². The number of rotatable bonds is 2. The molecule has 0 radical (unpaired) electrons. The van der Waals surface area contributed by atoms with Gasteiger partial charge in [0, 0.05) is 19.1 Å². The zero-order valence-electron chi connectivity index (χ0n) is 11.9. The average molecular weight is 311 g/mol. The Morgan fingerprint density at radius 2 is 1.95 bits per heavy atom. The number of anilines is 1. The summed E-state index contributed by atoms with van der Waals surface area (Å²) in [7, 11) is -3.55. The molecule has 116 valence electrons. The molecule has 2 fully saturated rings. The van der Waals surface area contributed by atoms with Crippen molar-refractivity contribution in [3.05, 3.63) is 18.2 Å². The molecule has 1 aromatic rings. The van der Waals surface area contributed by atoms with E-state index >= 15 is 0 Å². The van der Waals surface area contributed by atoms with E-state index in [0.29, 0.717) is 19.1 Å². The summed E-state index contributed by atoms with van der Waals surface area (Å²) in [6.07, 6.45) is 3.05. The van der Waals surface area contributed by atoms with Gasteiger partial charge in [-0.05, 0) is 50.6 Å². The molecule has 0 amide bonds. The van der Waals surface area contributed by atoms with Crippen molar-refractivity contribution in [2.24, 2.45) is 0 Å². The SMILES string of the molecule is Nc1cc(S(=O)(=O)N2CCCN3CCCC3C2)ccc1O. The maximum atomic E-state index is 12.8. The molecule has 21 heavy (non-hydrogen) atoms. The summed E-state index contributed by atoms with van der Waals surface area (Å²) in [4.78, 5) is 2.55. The van der Waals surface area contributed by atoms with Crippen LogP contribution in [-0.2, 0) is 10.0 Å². The lowest BCUT2D eigenvalue weighted by Crippen LogP contribution is -2.39. The summed E-state index contributed by atoms with van der Waals surface area (Å²) >= 11 is 0. The van der Waals surface area contributed by atoms with Crippen molar-refractivity contribution in [3.8, 4) is 5.75 Å². The van der Waals surface area contributed by atoms with Gasteiger partial charge >= 0.3 is 0 Å². The Bertz CT molecular complexity index is 632. The Morgan fingerprint density at radius 3 is 2.71 bits per heavy atom. The Morgan fingerprint density at radius 1 is 1.19 bits per heavy atom. The van der Waals surface area contributed by atoms with Gasteiger partial charge < -0.3 is 10.8 Å². The average Bonchev–Trinajstić information content (AvgIpc) is 2.78. The fourth-order valence-corrected chi connectivity index (χ4v) is 4.79. The summed E-state index contributed by atoms with van der Waals surface area (Å²) in [5.74, 6) is -0.0909. The highest BCUT2D eigenvalue weighted by molar-refractivity contribution is 7.89. The Kier molecular flexibility index (Phi) is 3.81. The van der Waals surface area contributed by atoms with Gasteiger partial charge in [0.25, 0.3) is 0 Å². The predicted molar refractivity (Wildman–Crippen MR) is 80.5 cm³/mol. The van der Waals surface area contributed by atoms with Gasteiger partial charge in [0.05, 0.1) is 10.6 Å². The highest BCUT2D eigenvalue weighted by atomic mass is 32.2. The number of phenolic OH excluding ortho intramolecular Hbond substituents is 1. The number of hydrogen-bond donors (Lipinski definition) is 2. The molecule has 1 atom stereocenters. The first-order valence-corrected chi connectivity index (χ1v) is 8.75. The third kappa shape index (κ3) is 2.73. The number of nitrogens with two attached hydrogens (primary N) is 1. The van der Waals surface area contributed by atoms with Crippen LogP contribution in [0.1, 0.15) is 19.3 Å². The van der Waals surface area contributed by atoms with E-state index in [-0.39, 0.29) is 16.3 Å². The summed E-state index contributed by atoms with van der Waals surface area (Å²) < 4.78 is 27.1. The van der Waals surface area contributed by atoms with Gasteiger partial charge in [0.15, 0.2) is 0 Å². The van der Waals surface area contributed by atoms with Gasteiger partial charge in [0.2, 0.25) is 10.0 Å². The minimum absolute atomic E-state index is 0.0909. The van der Waals surface area contributed by atoms with Crippen molar-refractivity contribution in [2.75, 3.05) is 31.9 Å². The van der Waals surface area contributed by atoms with E-state index in [1.807, 2.05) is 0 Å². The Hall–Kier alpha value is -1.31.